The second kappa shape index (κ2) is 10.5. The topological polar surface area (TPSA) is 142 Å². The average Bonchev–Trinajstić information content (AvgIpc) is 2.77. The van der Waals surface area contributed by atoms with Crippen molar-refractivity contribution in [2.75, 3.05) is 18.0 Å². The number of non-ortho nitro benzene ring substituents is 1. The molecule has 0 saturated heterocycles. The summed E-state index contributed by atoms with van der Waals surface area (Å²) in [7, 11) is 0. The molecular weight excluding hydrogens is 427 g/mol. The molecular formula is C20H14F3N7O2. The van der Waals surface area contributed by atoms with Gasteiger partial charge < -0.3 is 4.90 Å². The van der Waals surface area contributed by atoms with E-state index in [0.717, 1.165) is 0 Å². The normalized spacial score (nSPS) is 10.9. The van der Waals surface area contributed by atoms with E-state index < -0.39 is 33.6 Å². The van der Waals surface area contributed by atoms with E-state index in [2.05, 4.69) is 10.2 Å². The second-order valence-corrected chi connectivity index (χ2v) is 6.28. The Balaban J connectivity index is 2.39. The number of nitro benzene ring substituents is 1. The molecule has 0 aliphatic carbocycles. The number of rotatable bonds is 8. The van der Waals surface area contributed by atoms with Gasteiger partial charge in [-0.25, -0.2) is 0 Å². The maximum atomic E-state index is 13.4. The summed E-state index contributed by atoms with van der Waals surface area (Å²) < 4.78 is 40.2. The van der Waals surface area contributed by atoms with E-state index >= 15 is 0 Å². The van der Waals surface area contributed by atoms with Gasteiger partial charge in [0.05, 0.1) is 46.7 Å². The summed E-state index contributed by atoms with van der Waals surface area (Å²) in [4.78, 5) is 11.7. The predicted octanol–water partition coefficient (Wildman–Crippen LogP) is 5.53. The lowest BCUT2D eigenvalue weighted by molar-refractivity contribution is -0.385. The van der Waals surface area contributed by atoms with Crippen molar-refractivity contribution in [3.8, 4) is 18.2 Å². The van der Waals surface area contributed by atoms with E-state index in [0.29, 0.717) is 30.9 Å². The van der Waals surface area contributed by atoms with Crippen LogP contribution in [0.5, 0.6) is 0 Å². The van der Waals surface area contributed by atoms with Gasteiger partial charge in [-0.2, -0.15) is 34.1 Å². The molecule has 0 aliphatic rings. The summed E-state index contributed by atoms with van der Waals surface area (Å²) in [5, 5.41) is 44.9. The van der Waals surface area contributed by atoms with E-state index in [4.69, 9.17) is 15.8 Å². The molecule has 0 atom stereocenters. The van der Waals surface area contributed by atoms with Crippen LogP contribution in [-0.2, 0) is 6.18 Å². The molecule has 0 fully saturated rings. The third-order valence-electron chi connectivity index (χ3n) is 4.20. The summed E-state index contributed by atoms with van der Waals surface area (Å²) in [5.74, 6) is 0. The molecule has 2 aromatic carbocycles. The number of halogens is 3. The van der Waals surface area contributed by atoms with Crippen molar-refractivity contribution in [3.63, 3.8) is 0 Å². The van der Waals surface area contributed by atoms with Crippen LogP contribution in [0.15, 0.2) is 46.6 Å². The molecule has 0 aromatic heterocycles. The van der Waals surface area contributed by atoms with E-state index in [-0.39, 0.29) is 18.5 Å². The third kappa shape index (κ3) is 6.00. The van der Waals surface area contributed by atoms with Crippen molar-refractivity contribution in [2.45, 2.75) is 19.0 Å². The van der Waals surface area contributed by atoms with Gasteiger partial charge in [0.25, 0.3) is 5.69 Å². The van der Waals surface area contributed by atoms with Crippen LogP contribution < -0.4 is 4.90 Å². The molecule has 0 unspecified atom stereocenters. The molecule has 32 heavy (non-hydrogen) atoms. The van der Waals surface area contributed by atoms with E-state index in [1.54, 1.807) is 17.0 Å². The van der Waals surface area contributed by atoms with Crippen molar-refractivity contribution < 1.29 is 18.1 Å². The number of hydrogen-bond acceptors (Lipinski definition) is 8. The molecule has 0 aliphatic heterocycles. The highest BCUT2D eigenvalue weighted by Crippen LogP contribution is 2.41. The molecule has 9 nitrogen and oxygen atoms in total. The van der Waals surface area contributed by atoms with Gasteiger partial charge in [0.15, 0.2) is 0 Å². The van der Waals surface area contributed by atoms with Gasteiger partial charge in [-0.05, 0) is 24.3 Å². The highest BCUT2D eigenvalue weighted by Gasteiger charge is 2.37. The average molecular weight is 441 g/mol. The zero-order valence-corrected chi connectivity index (χ0v) is 16.4. The number of benzene rings is 2. The van der Waals surface area contributed by atoms with Crippen molar-refractivity contribution in [3.05, 3.63) is 57.6 Å². The maximum absolute atomic E-state index is 13.4. The lowest BCUT2D eigenvalue weighted by Crippen LogP contribution is -2.25. The molecule has 0 spiro atoms. The molecule has 0 N–H and O–H groups in total. The number of nitrogens with zero attached hydrogens (tertiary/aromatic N) is 7. The smallest absolute Gasteiger partial charge is 0.369 e. The van der Waals surface area contributed by atoms with Crippen LogP contribution in [0.1, 0.15) is 24.0 Å². The van der Waals surface area contributed by atoms with E-state index in [1.807, 2.05) is 12.1 Å². The zero-order chi connectivity index (χ0) is 23.7. The fourth-order valence-electron chi connectivity index (χ4n) is 2.71. The molecule has 2 rings (SSSR count). The first-order valence-electron chi connectivity index (χ1n) is 9.01. The highest BCUT2D eigenvalue weighted by atomic mass is 19.4. The van der Waals surface area contributed by atoms with Crippen LogP contribution in [0.2, 0.25) is 0 Å². The molecule has 162 valence electrons. The zero-order valence-electron chi connectivity index (χ0n) is 16.4. The first-order valence-corrected chi connectivity index (χ1v) is 9.01. The van der Waals surface area contributed by atoms with E-state index in [9.17, 15) is 23.3 Å². The number of hydrogen-bond donors (Lipinski definition) is 0. The Morgan fingerprint density at radius 2 is 1.59 bits per heavy atom. The van der Waals surface area contributed by atoms with Crippen molar-refractivity contribution in [1.29, 1.82) is 15.8 Å². The minimum atomic E-state index is -4.99. The van der Waals surface area contributed by atoms with Crippen LogP contribution in [0.4, 0.5) is 35.9 Å². The van der Waals surface area contributed by atoms with Gasteiger partial charge in [0.2, 0.25) is 0 Å². The monoisotopic (exact) mass is 441 g/mol. The van der Waals surface area contributed by atoms with Gasteiger partial charge in [-0.3, -0.25) is 10.1 Å². The Labute approximate surface area is 180 Å². The van der Waals surface area contributed by atoms with Crippen LogP contribution >= 0.6 is 0 Å². The van der Waals surface area contributed by atoms with Crippen LogP contribution in [0.3, 0.4) is 0 Å². The Kier molecular flexibility index (Phi) is 7.81. The minimum Gasteiger partial charge on any atom is -0.369 e. The first kappa shape index (κ1) is 23.8. The van der Waals surface area contributed by atoms with Gasteiger partial charge >= 0.3 is 6.18 Å². The Bertz CT molecular complexity index is 1120. The lowest BCUT2D eigenvalue weighted by atomic mass is 10.1. The summed E-state index contributed by atoms with van der Waals surface area (Å²) in [6, 6.07) is 12.7. The Hall–Kier alpha value is -4.50. The van der Waals surface area contributed by atoms with Crippen LogP contribution in [0, 0.1) is 44.1 Å². The largest absolute Gasteiger partial charge is 0.418 e. The number of nitro groups is 1. The molecule has 2 aromatic rings. The second-order valence-electron chi connectivity index (χ2n) is 6.28. The summed E-state index contributed by atoms with van der Waals surface area (Å²) >= 11 is 0. The molecule has 0 heterocycles. The van der Waals surface area contributed by atoms with Gasteiger partial charge in [-0.1, -0.05) is 0 Å². The predicted molar refractivity (Wildman–Crippen MR) is 106 cm³/mol. The van der Waals surface area contributed by atoms with Crippen LogP contribution in [-0.4, -0.2) is 18.0 Å². The quantitative estimate of drug-likeness (QED) is 0.299. The first-order chi connectivity index (χ1) is 15.2. The van der Waals surface area contributed by atoms with Crippen molar-refractivity contribution in [1.82, 2.24) is 0 Å². The van der Waals surface area contributed by atoms with Crippen LogP contribution in [0.25, 0.3) is 0 Å². The lowest BCUT2D eigenvalue weighted by Gasteiger charge is -2.22. The van der Waals surface area contributed by atoms with E-state index in [1.165, 1.54) is 18.2 Å². The molecule has 0 bridgehead atoms. The Morgan fingerprint density at radius 3 is 2.06 bits per heavy atom. The number of anilines is 1. The van der Waals surface area contributed by atoms with Gasteiger partial charge in [-0.15, -0.1) is 5.11 Å². The maximum Gasteiger partial charge on any atom is 0.418 e. The number of nitriles is 3. The number of azo groups is 1. The van der Waals surface area contributed by atoms with Crippen molar-refractivity contribution in [2.24, 2.45) is 10.2 Å². The highest BCUT2D eigenvalue weighted by molar-refractivity contribution is 5.64. The molecule has 0 saturated carbocycles. The molecule has 0 radical (unpaired) electrons. The fourth-order valence-corrected chi connectivity index (χ4v) is 2.71. The summed E-state index contributed by atoms with van der Waals surface area (Å²) in [6.07, 6.45) is -4.51. The standard InChI is InChI=1S/C20H14F3N7O2/c21-20(22,23)18-12-17(30(31)32)11-14(13-26)19(18)28-27-15-3-5-16(6-4-15)29(9-1-7-24)10-2-8-25/h3-6,11-12H,1-2,9-10H2. The van der Waals surface area contributed by atoms with Crippen molar-refractivity contribution >= 4 is 22.7 Å². The third-order valence-corrected chi connectivity index (χ3v) is 4.20. The molecule has 12 heteroatoms. The summed E-state index contributed by atoms with van der Waals surface area (Å²) in [6.45, 7) is 0.782. The van der Waals surface area contributed by atoms with Gasteiger partial charge in [0, 0.05) is 30.9 Å². The number of alkyl halides is 3. The SMILES string of the molecule is N#CCCN(CCC#N)c1ccc(N=Nc2c(C#N)cc([N+](=O)[O-])cc2C(F)(F)F)cc1. The van der Waals surface area contributed by atoms with Gasteiger partial charge in [0.1, 0.15) is 11.8 Å². The fraction of sp³-hybridized carbons (Fsp3) is 0.250. The summed E-state index contributed by atoms with van der Waals surface area (Å²) in [5.41, 5.74) is -2.93. The Morgan fingerprint density at radius 1 is 1.00 bits per heavy atom. The molecule has 0 amide bonds. The minimum absolute atomic E-state index is 0.171.